The predicted molar refractivity (Wildman–Crippen MR) is 130 cm³/mol. The van der Waals surface area contributed by atoms with Gasteiger partial charge in [-0.3, -0.25) is 15.3 Å². The van der Waals surface area contributed by atoms with Crippen LogP contribution in [0.2, 0.25) is 10.0 Å². The SMILES string of the molecule is CCN1CCc2cc(Nc3ncc4c(=N)n(-c5c(Cl)cccc5Cl)c(=O)[nH]c4n3)ccc2C1. The Morgan fingerprint density at radius 1 is 1.18 bits per heavy atom. The number of likely N-dealkylation sites (N-methyl/N-ethyl adjacent to an activating group) is 1. The minimum Gasteiger partial charge on any atom is -0.324 e. The molecule has 3 heterocycles. The zero-order valence-electron chi connectivity index (χ0n) is 17.8. The zero-order chi connectivity index (χ0) is 23.1. The van der Waals surface area contributed by atoms with Crippen LogP contribution in [-0.2, 0) is 13.0 Å². The third kappa shape index (κ3) is 4.01. The molecule has 5 rings (SSSR count). The van der Waals surface area contributed by atoms with E-state index >= 15 is 0 Å². The van der Waals surface area contributed by atoms with Crippen molar-refractivity contribution < 1.29 is 0 Å². The highest BCUT2D eigenvalue weighted by Gasteiger charge is 2.17. The van der Waals surface area contributed by atoms with Crippen LogP contribution in [-0.4, -0.2) is 37.5 Å². The number of rotatable bonds is 4. The second-order valence-corrected chi connectivity index (χ2v) is 8.68. The van der Waals surface area contributed by atoms with Gasteiger partial charge < -0.3 is 5.32 Å². The van der Waals surface area contributed by atoms with Crippen molar-refractivity contribution in [1.82, 2.24) is 24.4 Å². The van der Waals surface area contributed by atoms with Crippen LogP contribution in [0.5, 0.6) is 0 Å². The van der Waals surface area contributed by atoms with E-state index in [0.717, 1.165) is 36.3 Å². The number of fused-ring (bicyclic) bond motifs is 2. The smallest absolute Gasteiger partial charge is 0.324 e. The summed E-state index contributed by atoms with van der Waals surface area (Å²) < 4.78 is 1.12. The predicted octanol–water partition coefficient (Wildman–Crippen LogP) is 4.02. The average molecular weight is 482 g/mol. The Balaban J connectivity index is 1.50. The van der Waals surface area contributed by atoms with Crippen molar-refractivity contribution in [3.63, 3.8) is 0 Å². The fourth-order valence-corrected chi connectivity index (χ4v) is 4.66. The lowest BCUT2D eigenvalue weighted by atomic mass is 9.99. The Hall–Kier alpha value is -3.20. The summed E-state index contributed by atoms with van der Waals surface area (Å²) in [5.41, 5.74) is 3.33. The Morgan fingerprint density at radius 3 is 2.73 bits per heavy atom. The van der Waals surface area contributed by atoms with Crippen molar-refractivity contribution in [2.45, 2.75) is 19.9 Å². The summed E-state index contributed by atoms with van der Waals surface area (Å²) in [5.74, 6) is 0.331. The minimum absolute atomic E-state index is 0.107. The highest BCUT2D eigenvalue weighted by atomic mass is 35.5. The van der Waals surface area contributed by atoms with Gasteiger partial charge in [-0.25, -0.2) is 14.3 Å². The molecule has 3 N–H and O–H groups in total. The maximum absolute atomic E-state index is 12.8. The van der Waals surface area contributed by atoms with Gasteiger partial charge >= 0.3 is 5.69 Å². The normalized spacial score (nSPS) is 13.8. The van der Waals surface area contributed by atoms with Crippen LogP contribution in [0.4, 0.5) is 11.6 Å². The van der Waals surface area contributed by atoms with Gasteiger partial charge in [-0.2, -0.15) is 4.98 Å². The van der Waals surface area contributed by atoms with Crippen molar-refractivity contribution >= 4 is 45.9 Å². The molecule has 0 bridgehead atoms. The molecule has 0 atom stereocenters. The van der Waals surface area contributed by atoms with Gasteiger partial charge in [-0.05, 0) is 48.4 Å². The Morgan fingerprint density at radius 2 is 1.97 bits per heavy atom. The van der Waals surface area contributed by atoms with Crippen molar-refractivity contribution in [2.75, 3.05) is 18.4 Å². The molecule has 1 aliphatic heterocycles. The molecular formula is C23H21Cl2N7O. The molecule has 2 aromatic heterocycles. The number of aromatic nitrogens is 4. The van der Waals surface area contributed by atoms with Crippen molar-refractivity contribution in [1.29, 1.82) is 5.41 Å². The summed E-state index contributed by atoms with van der Waals surface area (Å²) in [6.45, 7) is 5.22. The topological polar surface area (TPSA) is 103 Å². The lowest BCUT2D eigenvalue weighted by molar-refractivity contribution is 0.268. The second kappa shape index (κ2) is 8.62. The van der Waals surface area contributed by atoms with E-state index in [2.05, 4.69) is 44.2 Å². The highest BCUT2D eigenvalue weighted by Crippen LogP contribution is 2.27. The van der Waals surface area contributed by atoms with Crippen LogP contribution in [0, 0.1) is 5.41 Å². The van der Waals surface area contributed by atoms with Gasteiger partial charge in [0.25, 0.3) is 0 Å². The quantitative estimate of drug-likeness (QED) is 0.408. The van der Waals surface area contributed by atoms with E-state index in [4.69, 9.17) is 28.6 Å². The molecule has 0 spiro atoms. The van der Waals surface area contributed by atoms with Crippen LogP contribution in [0.1, 0.15) is 18.1 Å². The summed E-state index contributed by atoms with van der Waals surface area (Å²) in [7, 11) is 0. The molecule has 10 heteroatoms. The van der Waals surface area contributed by atoms with Gasteiger partial charge in [0.1, 0.15) is 5.49 Å². The zero-order valence-corrected chi connectivity index (χ0v) is 19.3. The highest BCUT2D eigenvalue weighted by molar-refractivity contribution is 6.37. The summed E-state index contributed by atoms with van der Waals surface area (Å²) in [6, 6.07) is 11.1. The minimum atomic E-state index is -0.568. The van der Waals surface area contributed by atoms with Crippen LogP contribution in [0.3, 0.4) is 0 Å². The molecule has 168 valence electrons. The van der Waals surface area contributed by atoms with E-state index in [1.54, 1.807) is 18.2 Å². The van der Waals surface area contributed by atoms with Crippen molar-refractivity contribution in [2.24, 2.45) is 0 Å². The maximum Gasteiger partial charge on any atom is 0.333 e. The Bertz CT molecular complexity index is 1470. The number of aromatic amines is 1. The molecule has 1 aliphatic rings. The molecule has 0 saturated heterocycles. The molecule has 33 heavy (non-hydrogen) atoms. The Kier molecular flexibility index (Phi) is 5.65. The number of H-pyrrole nitrogens is 1. The lowest BCUT2D eigenvalue weighted by Crippen LogP contribution is -2.34. The lowest BCUT2D eigenvalue weighted by Gasteiger charge is -2.27. The van der Waals surface area contributed by atoms with Crippen LogP contribution in [0.15, 0.2) is 47.4 Å². The monoisotopic (exact) mass is 481 g/mol. The first-order valence-corrected chi connectivity index (χ1v) is 11.3. The molecule has 2 aromatic carbocycles. The first-order chi connectivity index (χ1) is 15.9. The van der Waals surface area contributed by atoms with Crippen LogP contribution >= 0.6 is 23.2 Å². The van der Waals surface area contributed by atoms with Crippen molar-refractivity contribution in [3.05, 3.63) is 79.7 Å². The summed E-state index contributed by atoms with van der Waals surface area (Å²) in [4.78, 5) is 26.7. The van der Waals surface area contributed by atoms with Crippen LogP contribution < -0.4 is 16.5 Å². The Labute approximate surface area is 199 Å². The summed E-state index contributed by atoms with van der Waals surface area (Å²) in [6.07, 6.45) is 2.50. The van der Waals surface area contributed by atoms with Crippen LogP contribution in [0.25, 0.3) is 16.7 Å². The van der Waals surface area contributed by atoms with E-state index < -0.39 is 5.69 Å². The number of anilines is 2. The summed E-state index contributed by atoms with van der Waals surface area (Å²) in [5, 5.41) is 12.7. The molecular weight excluding hydrogens is 461 g/mol. The third-order valence-electron chi connectivity index (χ3n) is 5.86. The molecule has 0 aliphatic carbocycles. The van der Waals surface area contributed by atoms with Gasteiger partial charge in [0.15, 0.2) is 5.65 Å². The maximum atomic E-state index is 12.8. The van der Waals surface area contributed by atoms with E-state index in [0.29, 0.717) is 11.3 Å². The molecule has 4 aromatic rings. The van der Waals surface area contributed by atoms with Gasteiger partial charge in [0.2, 0.25) is 5.95 Å². The van der Waals surface area contributed by atoms with Gasteiger partial charge in [-0.15, -0.1) is 0 Å². The number of nitrogens with one attached hydrogen (secondary N) is 3. The van der Waals surface area contributed by atoms with Gasteiger partial charge in [0.05, 0.1) is 21.1 Å². The van der Waals surface area contributed by atoms with E-state index in [-0.39, 0.29) is 26.9 Å². The number of hydrogen-bond acceptors (Lipinski definition) is 6. The van der Waals surface area contributed by atoms with E-state index in [1.165, 1.54) is 17.3 Å². The molecule has 0 radical (unpaired) electrons. The molecule has 0 amide bonds. The largest absolute Gasteiger partial charge is 0.333 e. The molecule has 0 saturated carbocycles. The third-order valence-corrected chi connectivity index (χ3v) is 6.47. The first-order valence-electron chi connectivity index (χ1n) is 10.6. The average Bonchev–Trinajstić information content (AvgIpc) is 2.80. The van der Waals surface area contributed by atoms with Crippen molar-refractivity contribution in [3.8, 4) is 5.69 Å². The number of nitrogens with zero attached hydrogens (tertiary/aromatic N) is 4. The molecule has 8 nitrogen and oxygen atoms in total. The number of benzene rings is 2. The number of hydrogen-bond donors (Lipinski definition) is 3. The summed E-state index contributed by atoms with van der Waals surface area (Å²) >= 11 is 12.5. The van der Waals surface area contributed by atoms with Gasteiger partial charge in [0, 0.05) is 25.0 Å². The second-order valence-electron chi connectivity index (χ2n) is 7.87. The standard InChI is InChI=1S/C23H21Cl2N7O/c1-2-31-9-8-13-10-15(7-6-14(13)12-31)28-22-27-11-16-20(26)32(23(33)30-21(16)29-22)19-17(24)4-3-5-18(19)25/h3-7,10-11,26H,2,8-9,12H2,1H3,(H2,27,28,29,30,33). The first kappa shape index (κ1) is 21.6. The number of para-hydroxylation sites is 1. The fourth-order valence-electron chi connectivity index (χ4n) is 4.09. The van der Waals surface area contributed by atoms with Gasteiger partial charge in [-0.1, -0.05) is 42.3 Å². The molecule has 0 fully saturated rings. The fraction of sp³-hybridized carbons (Fsp3) is 0.217. The van der Waals surface area contributed by atoms with E-state index in [1.807, 2.05) is 6.07 Å². The number of halogens is 2. The molecule has 0 unspecified atom stereocenters. The van der Waals surface area contributed by atoms with E-state index in [9.17, 15) is 4.79 Å².